The van der Waals surface area contributed by atoms with E-state index in [0.717, 1.165) is 19.4 Å². The Bertz CT molecular complexity index is 399. The molecule has 0 radical (unpaired) electrons. The fraction of sp³-hybridized carbons (Fsp3) is 0.500. The number of nitrogens with zero attached hydrogens (tertiary/aromatic N) is 1. The van der Waals surface area contributed by atoms with Gasteiger partial charge in [0.15, 0.2) is 0 Å². The zero-order valence-corrected chi connectivity index (χ0v) is 11.5. The molecule has 0 spiro atoms. The average molecular weight is 268 g/mol. The summed E-state index contributed by atoms with van der Waals surface area (Å²) in [6, 6.07) is 5.82. The van der Waals surface area contributed by atoms with Crippen molar-refractivity contribution in [3.05, 3.63) is 30.1 Å². The molecule has 1 aromatic carbocycles. The van der Waals surface area contributed by atoms with Crippen molar-refractivity contribution in [3.8, 4) is 5.75 Å². The van der Waals surface area contributed by atoms with Crippen LogP contribution in [0.2, 0.25) is 0 Å². The first-order valence-corrected chi connectivity index (χ1v) is 6.50. The first-order chi connectivity index (χ1) is 9.13. The first-order valence-electron chi connectivity index (χ1n) is 6.50. The van der Waals surface area contributed by atoms with E-state index in [4.69, 9.17) is 4.74 Å². The predicted octanol–water partition coefficient (Wildman–Crippen LogP) is 2.65. The summed E-state index contributed by atoms with van der Waals surface area (Å²) in [7, 11) is 1.76. The van der Waals surface area contributed by atoms with Gasteiger partial charge in [0.25, 0.3) is 0 Å². The lowest BCUT2D eigenvalue weighted by molar-refractivity contribution is 0.204. The number of ether oxygens (including phenoxy) is 1. The smallest absolute Gasteiger partial charge is 0.317 e. The van der Waals surface area contributed by atoms with Crippen molar-refractivity contribution >= 4 is 6.03 Å². The van der Waals surface area contributed by atoms with Crippen LogP contribution in [0.15, 0.2) is 24.3 Å². The van der Waals surface area contributed by atoms with E-state index in [-0.39, 0.29) is 11.8 Å². The summed E-state index contributed by atoms with van der Waals surface area (Å²) in [6.07, 6.45) is 2.05. The highest BCUT2D eigenvalue weighted by molar-refractivity contribution is 5.73. The Labute approximate surface area is 113 Å². The van der Waals surface area contributed by atoms with Gasteiger partial charge in [-0.2, -0.15) is 0 Å². The van der Waals surface area contributed by atoms with Crippen LogP contribution in [0.3, 0.4) is 0 Å². The predicted molar refractivity (Wildman–Crippen MR) is 72.8 cm³/mol. The minimum Gasteiger partial charge on any atom is -0.492 e. The molecule has 19 heavy (non-hydrogen) atoms. The number of rotatable bonds is 7. The maximum atomic E-state index is 12.9. The SMILES string of the molecule is CCCCN(C)C(=O)NCCOc1cccc(F)c1. The van der Waals surface area contributed by atoms with Crippen molar-refractivity contribution in [2.24, 2.45) is 0 Å². The molecular weight excluding hydrogens is 247 g/mol. The Morgan fingerprint density at radius 2 is 2.26 bits per heavy atom. The van der Waals surface area contributed by atoms with Crippen molar-refractivity contribution < 1.29 is 13.9 Å². The third-order valence-electron chi connectivity index (χ3n) is 2.64. The molecule has 0 fully saturated rings. The lowest BCUT2D eigenvalue weighted by Crippen LogP contribution is -2.39. The molecule has 0 heterocycles. The van der Waals surface area contributed by atoms with E-state index < -0.39 is 0 Å². The Kier molecular flexibility index (Phi) is 6.71. The number of benzene rings is 1. The van der Waals surface area contributed by atoms with Gasteiger partial charge in [-0.25, -0.2) is 9.18 Å². The molecular formula is C14H21FN2O2. The Hall–Kier alpha value is -1.78. The van der Waals surface area contributed by atoms with Crippen molar-refractivity contribution in [1.82, 2.24) is 10.2 Å². The summed E-state index contributed by atoms with van der Waals surface area (Å²) >= 11 is 0. The number of urea groups is 1. The highest BCUT2D eigenvalue weighted by Crippen LogP contribution is 2.11. The van der Waals surface area contributed by atoms with Gasteiger partial charge in [-0.3, -0.25) is 0 Å². The zero-order chi connectivity index (χ0) is 14.1. The fourth-order valence-electron chi connectivity index (χ4n) is 1.52. The van der Waals surface area contributed by atoms with Gasteiger partial charge < -0.3 is 15.0 Å². The third-order valence-corrected chi connectivity index (χ3v) is 2.64. The molecule has 0 unspecified atom stereocenters. The molecule has 0 aliphatic heterocycles. The van der Waals surface area contributed by atoms with Gasteiger partial charge in [0.05, 0.1) is 6.54 Å². The van der Waals surface area contributed by atoms with Gasteiger partial charge in [0.1, 0.15) is 18.2 Å². The van der Waals surface area contributed by atoms with E-state index in [1.807, 2.05) is 0 Å². The molecule has 5 heteroatoms. The zero-order valence-electron chi connectivity index (χ0n) is 11.5. The molecule has 0 aromatic heterocycles. The van der Waals surface area contributed by atoms with Gasteiger partial charge in [-0.15, -0.1) is 0 Å². The quantitative estimate of drug-likeness (QED) is 0.772. The van der Waals surface area contributed by atoms with Crippen molar-refractivity contribution in [2.45, 2.75) is 19.8 Å². The van der Waals surface area contributed by atoms with Crippen LogP contribution >= 0.6 is 0 Å². The summed E-state index contributed by atoms with van der Waals surface area (Å²) in [6.45, 7) is 3.54. The monoisotopic (exact) mass is 268 g/mol. The van der Waals surface area contributed by atoms with Crippen molar-refractivity contribution in [3.63, 3.8) is 0 Å². The number of carbonyl (C=O) groups is 1. The largest absolute Gasteiger partial charge is 0.492 e. The summed E-state index contributed by atoms with van der Waals surface area (Å²) < 4.78 is 18.2. The molecule has 0 aliphatic carbocycles. The highest BCUT2D eigenvalue weighted by atomic mass is 19.1. The molecule has 1 rings (SSSR count). The van der Waals surface area contributed by atoms with Crippen molar-refractivity contribution in [2.75, 3.05) is 26.7 Å². The van der Waals surface area contributed by atoms with Gasteiger partial charge in [-0.1, -0.05) is 19.4 Å². The second-order valence-electron chi connectivity index (χ2n) is 4.31. The minimum absolute atomic E-state index is 0.115. The maximum Gasteiger partial charge on any atom is 0.317 e. The lowest BCUT2D eigenvalue weighted by Gasteiger charge is -2.17. The van der Waals surface area contributed by atoms with Crippen LogP contribution in [-0.2, 0) is 0 Å². The average Bonchev–Trinajstić information content (AvgIpc) is 2.40. The van der Waals surface area contributed by atoms with Gasteiger partial charge in [0.2, 0.25) is 0 Å². The van der Waals surface area contributed by atoms with Crippen LogP contribution in [0.1, 0.15) is 19.8 Å². The number of nitrogens with one attached hydrogen (secondary N) is 1. The number of halogens is 1. The topological polar surface area (TPSA) is 41.6 Å². The van der Waals surface area contributed by atoms with E-state index in [1.54, 1.807) is 24.1 Å². The Morgan fingerprint density at radius 3 is 2.95 bits per heavy atom. The molecule has 106 valence electrons. The number of amides is 2. The van der Waals surface area contributed by atoms with Crippen LogP contribution in [0.5, 0.6) is 5.75 Å². The van der Waals surface area contributed by atoms with Crippen molar-refractivity contribution in [1.29, 1.82) is 0 Å². The second-order valence-corrected chi connectivity index (χ2v) is 4.31. The Balaban J connectivity index is 2.18. The summed E-state index contributed by atoms with van der Waals surface area (Å²) in [5.74, 6) is 0.134. The molecule has 1 aromatic rings. The van der Waals surface area contributed by atoms with Crippen LogP contribution in [0, 0.1) is 5.82 Å². The van der Waals surface area contributed by atoms with E-state index in [9.17, 15) is 9.18 Å². The molecule has 0 saturated carbocycles. The van der Waals surface area contributed by atoms with E-state index >= 15 is 0 Å². The lowest BCUT2D eigenvalue weighted by atomic mass is 10.3. The van der Waals surface area contributed by atoms with Gasteiger partial charge >= 0.3 is 6.03 Å². The first kappa shape index (κ1) is 15.3. The summed E-state index contributed by atoms with van der Waals surface area (Å²) in [5.41, 5.74) is 0. The molecule has 0 bridgehead atoms. The molecule has 0 aliphatic rings. The normalized spacial score (nSPS) is 10.1. The number of hydrogen-bond donors (Lipinski definition) is 1. The summed E-state index contributed by atoms with van der Waals surface area (Å²) in [5, 5.41) is 2.74. The van der Waals surface area contributed by atoms with E-state index in [1.165, 1.54) is 12.1 Å². The minimum atomic E-state index is -0.333. The highest BCUT2D eigenvalue weighted by Gasteiger charge is 2.06. The van der Waals surface area contributed by atoms with Crippen LogP contribution in [0.25, 0.3) is 0 Å². The van der Waals surface area contributed by atoms with E-state index in [2.05, 4.69) is 12.2 Å². The second kappa shape index (κ2) is 8.34. The molecule has 4 nitrogen and oxygen atoms in total. The maximum absolute atomic E-state index is 12.9. The van der Waals surface area contributed by atoms with Crippen LogP contribution in [0.4, 0.5) is 9.18 Å². The van der Waals surface area contributed by atoms with Gasteiger partial charge in [0, 0.05) is 19.7 Å². The molecule has 0 saturated heterocycles. The number of hydrogen-bond acceptors (Lipinski definition) is 2. The van der Waals surface area contributed by atoms with Crippen LogP contribution < -0.4 is 10.1 Å². The van der Waals surface area contributed by atoms with Crippen LogP contribution in [-0.4, -0.2) is 37.7 Å². The van der Waals surface area contributed by atoms with Gasteiger partial charge in [-0.05, 0) is 18.6 Å². The fourth-order valence-corrected chi connectivity index (χ4v) is 1.52. The van der Waals surface area contributed by atoms with E-state index in [0.29, 0.717) is 18.9 Å². The third kappa shape index (κ3) is 6.08. The Morgan fingerprint density at radius 1 is 1.47 bits per heavy atom. The summed E-state index contributed by atoms with van der Waals surface area (Å²) in [4.78, 5) is 13.3. The molecule has 2 amide bonds. The number of carbonyl (C=O) groups excluding carboxylic acids is 1. The molecule has 1 N–H and O–H groups in total. The number of unbranched alkanes of at least 4 members (excludes halogenated alkanes) is 1. The standard InChI is InChI=1S/C14H21FN2O2/c1-3-4-9-17(2)14(18)16-8-10-19-13-7-5-6-12(15)11-13/h5-7,11H,3-4,8-10H2,1-2H3,(H,16,18). The molecule has 0 atom stereocenters.